The highest BCUT2D eigenvalue weighted by Gasteiger charge is 2.17. The SMILES string of the molecule is CCc1cc(C(=O)c2ccc(Cl)c(OC)c2)n(CC)n1. The number of ether oxygens (including phenoxy) is 1. The summed E-state index contributed by atoms with van der Waals surface area (Å²) in [4.78, 5) is 12.6. The second kappa shape index (κ2) is 6.09. The number of hydrogen-bond donors (Lipinski definition) is 0. The zero-order valence-electron chi connectivity index (χ0n) is 11.8. The summed E-state index contributed by atoms with van der Waals surface area (Å²) in [5, 5.41) is 4.88. The highest BCUT2D eigenvalue weighted by Crippen LogP contribution is 2.26. The first-order valence-electron chi connectivity index (χ1n) is 6.55. The highest BCUT2D eigenvalue weighted by atomic mass is 35.5. The molecule has 0 spiro atoms. The zero-order valence-corrected chi connectivity index (χ0v) is 12.6. The minimum atomic E-state index is -0.0750. The number of carbonyl (C=O) groups excluding carboxylic acids is 1. The maximum Gasteiger partial charge on any atom is 0.211 e. The second-order valence-corrected chi connectivity index (χ2v) is 4.78. The van der Waals surface area contributed by atoms with Gasteiger partial charge in [0.25, 0.3) is 0 Å². The molecule has 0 saturated heterocycles. The van der Waals surface area contributed by atoms with Crippen molar-refractivity contribution >= 4 is 17.4 Å². The standard InChI is InChI=1S/C15H17ClN2O2/c1-4-11-9-13(18(5-2)17-11)15(19)10-6-7-12(16)14(8-10)20-3/h6-9H,4-5H2,1-3H3. The number of nitrogens with zero attached hydrogens (tertiary/aromatic N) is 2. The van der Waals surface area contributed by atoms with Crippen LogP contribution in [0.25, 0.3) is 0 Å². The molecule has 0 fully saturated rings. The average Bonchev–Trinajstić information content (AvgIpc) is 2.90. The first kappa shape index (κ1) is 14.6. The maximum absolute atomic E-state index is 12.6. The van der Waals surface area contributed by atoms with Crippen molar-refractivity contribution in [3.05, 3.63) is 46.2 Å². The molecule has 2 aromatic rings. The molecule has 0 aliphatic carbocycles. The van der Waals surface area contributed by atoms with Gasteiger partial charge in [0.05, 0.1) is 17.8 Å². The minimum absolute atomic E-state index is 0.0750. The zero-order chi connectivity index (χ0) is 14.7. The molecule has 2 rings (SSSR count). The summed E-state index contributed by atoms with van der Waals surface area (Å²) in [6.45, 7) is 4.64. The monoisotopic (exact) mass is 292 g/mol. The number of ketones is 1. The Balaban J connectivity index is 2.43. The molecule has 106 valence electrons. The normalized spacial score (nSPS) is 10.6. The van der Waals surface area contributed by atoms with Gasteiger partial charge in [0.15, 0.2) is 0 Å². The van der Waals surface area contributed by atoms with Gasteiger partial charge in [-0.1, -0.05) is 18.5 Å². The number of hydrogen-bond acceptors (Lipinski definition) is 3. The Bertz CT molecular complexity index is 635. The smallest absolute Gasteiger partial charge is 0.211 e. The summed E-state index contributed by atoms with van der Waals surface area (Å²) in [7, 11) is 1.53. The Kier molecular flexibility index (Phi) is 4.45. The predicted octanol–water partition coefficient (Wildman–Crippen LogP) is 3.36. The molecule has 4 nitrogen and oxygen atoms in total. The van der Waals surface area contributed by atoms with Crippen LogP contribution in [0.2, 0.25) is 5.02 Å². The summed E-state index contributed by atoms with van der Waals surface area (Å²) in [5.41, 5.74) is 2.05. The molecule has 0 N–H and O–H groups in total. The average molecular weight is 293 g/mol. The van der Waals surface area contributed by atoms with E-state index in [1.54, 1.807) is 22.9 Å². The van der Waals surface area contributed by atoms with Gasteiger partial charge < -0.3 is 4.74 Å². The Morgan fingerprint density at radius 2 is 2.10 bits per heavy atom. The summed E-state index contributed by atoms with van der Waals surface area (Å²) in [6, 6.07) is 6.86. The number of rotatable bonds is 5. The van der Waals surface area contributed by atoms with E-state index in [2.05, 4.69) is 5.10 Å². The molecule has 20 heavy (non-hydrogen) atoms. The molecule has 0 atom stereocenters. The maximum atomic E-state index is 12.6. The lowest BCUT2D eigenvalue weighted by molar-refractivity contribution is 0.102. The van der Waals surface area contributed by atoms with Crippen LogP contribution in [0.3, 0.4) is 0 Å². The van der Waals surface area contributed by atoms with E-state index in [0.717, 1.165) is 12.1 Å². The van der Waals surface area contributed by atoms with Crippen LogP contribution in [0.5, 0.6) is 5.75 Å². The first-order valence-corrected chi connectivity index (χ1v) is 6.93. The van der Waals surface area contributed by atoms with E-state index in [1.807, 2.05) is 19.9 Å². The van der Waals surface area contributed by atoms with Crippen LogP contribution in [0.15, 0.2) is 24.3 Å². The molecule has 1 heterocycles. The molecule has 0 aliphatic rings. The molecule has 0 radical (unpaired) electrons. The number of aryl methyl sites for hydroxylation is 2. The van der Waals surface area contributed by atoms with Gasteiger partial charge >= 0.3 is 0 Å². The number of carbonyl (C=O) groups is 1. The lowest BCUT2D eigenvalue weighted by Crippen LogP contribution is -2.10. The van der Waals surface area contributed by atoms with Crippen molar-refractivity contribution in [1.82, 2.24) is 9.78 Å². The van der Waals surface area contributed by atoms with E-state index >= 15 is 0 Å². The Morgan fingerprint density at radius 1 is 1.35 bits per heavy atom. The number of halogens is 1. The molecule has 0 saturated carbocycles. The van der Waals surface area contributed by atoms with Crippen molar-refractivity contribution in [3.63, 3.8) is 0 Å². The molecule has 0 unspecified atom stereocenters. The van der Waals surface area contributed by atoms with Gasteiger partial charge in [-0.05, 0) is 37.6 Å². The second-order valence-electron chi connectivity index (χ2n) is 4.37. The Hall–Kier alpha value is -1.81. The molecule has 0 aliphatic heterocycles. The summed E-state index contributed by atoms with van der Waals surface area (Å²) >= 11 is 5.98. The lowest BCUT2D eigenvalue weighted by Gasteiger charge is -2.07. The van der Waals surface area contributed by atoms with Crippen molar-refractivity contribution in [1.29, 1.82) is 0 Å². The van der Waals surface area contributed by atoms with Gasteiger partial charge in [0.2, 0.25) is 5.78 Å². The third-order valence-corrected chi connectivity index (χ3v) is 3.45. The van der Waals surface area contributed by atoms with Crippen molar-refractivity contribution in [2.24, 2.45) is 0 Å². The molecule has 0 amide bonds. The third kappa shape index (κ3) is 2.70. The fraction of sp³-hybridized carbons (Fsp3) is 0.333. The van der Waals surface area contributed by atoms with Crippen molar-refractivity contribution in [2.45, 2.75) is 26.8 Å². The van der Waals surface area contributed by atoms with Crippen LogP contribution in [0, 0.1) is 0 Å². The number of aromatic nitrogens is 2. The third-order valence-electron chi connectivity index (χ3n) is 3.14. The Labute approximate surface area is 123 Å². The summed E-state index contributed by atoms with van der Waals surface area (Å²) in [6.07, 6.45) is 0.803. The molecule has 1 aromatic heterocycles. The first-order chi connectivity index (χ1) is 9.60. The van der Waals surface area contributed by atoms with Crippen LogP contribution < -0.4 is 4.74 Å². The van der Waals surface area contributed by atoms with E-state index < -0.39 is 0 Å². The van der Waals surface area contributed by atoms with Gasteiger partial charge in [-0.2, -0.15) is 5.10 Å². The molecule has 1 aromatic carbocycles. The minimum Gasteiger partial charge on any atom is -0.495 e. The lowest BCUT2D eigenvalue weighted by atomic mass is 10.1. The van der Waals surface area contributed by atoms with Gasteiger partial charge in [-0.3, -0.25) is 9.48 Å². The molecular weight excluding hydrogens is 276 g/mol. The Morgan fingerprint density at radius 3 is 2.70 bits per heavy atom. The van der Waals surface area contributed by atoms with E-state index in [0.29, 0.717) is 28.6 Å². The van der Waals surface area contributed by atoms with Crippen LogP contribution in [-0.4, -0.2) is 22.7 Å². The fourth-order valence-corrected chi connectivity index (χ4v) is 2.21. The van der Waals surface area contributed by atoms with Crippen LogP contribution in [-0.2, 0) is 13.0 Å². The molecular formula is C15H17ClN2O2. The van der Waals surface area contributed by atoms with E-state index in [1.165, 1.54) is 7.11 Å². The van der Waals surface area contributed by atoms with Gasteiger partial charge in [-0.15, -0.1) is 0 Å². The topological polar surface area (TPSA) is 44.1 Å². The largest absolute Gasteiger partial charge is 0.495 e. The quantitative estimate of drug-likeness (QED) is 0.794. The summed E-state index contributed by atoms with van der Waals surface area (Å²) < 4.78 is 6.87. The van der Waals surface area contributed by atoms with Gasteiger partial charge in [0.1, 0.15) is 11.4 Å². The summed E-state index contributed by atoms with van der Waals surface area (Å²) in [5.74, 6) is 0.421. The number of methoxy groups -OCH3 is 1. The van der Waals surface area contributed by atoms with Crippen molar-refractivity contribution in [3.8, 4) is 5.75 Å². The van der Waals surface area contributed by atoms with Crippen LogP contribution >= 0.6 is 11.6 Å². The fourth-order valence-electron chi connectivity index (χ4n) is 2.02. The molecule has 5 heteroatoms. The van der Waals surface area contributed by atoms with Crippen LogP contribution in [0.4, 0.5) is 0 Å². The van der Waals surface area contributed by atoms with E-state index in [-0.39, 0.29) is 5.78 Å². The van der Waals surface area contributed by atoms with E-state index in [4.69, 9.17) is 16.3 Å². The van der Waals surface area contributed by atoms with Crippen LogP contribution in [0.1, 0.15) is 35.6 Å². The van der Waals surface area contributed by atoms with Gasteiger partial charge in [0, 0.05) is 12.1 Å². The highest BCUT2D eigenvalue weighted by molar-refractivity contribution is 6.32. The number of benzene rings is 1. The van der Waals surface area contributed by atoms with Crippen molar-refractivity contribution in [2.75, 3.05) is 7.11 Å². The predicted molar refractivity (Wildman–Crippen MR) is 78.7 cm³/mol. The van der Waals surface area contributed by atoms with E-state index in [9.17, 15) is 4.79 Å². The van der Waals surface area contributed by atoms with Crippen molar-refractivity contribution < 1.29 is 9.53 Å². The van der Waals surface area contributed by atoms with Gasteiger partial charge in [-0.25, -0.2) is 0 Å². The molecule has 0 bridgehead atoms.